The molecule has 1 aromatic carbocycles. The van der Waals surface area contributed by atoms with Crippen molar-refractivity contribution in [2.45, 2.75) is 23.9 Å². The summed E-state index contributed by atoms with van der Waals surface area (Å²) in [7, 11) is -3.57. The lowest BCUT2D eigenvalue weighted by atomic mass is 10.3. The van der Waals surface area contributed by atoms with Crippen molar-refractivity contribution in [1.29, 1.82) is 0 Å². The molecule has 1 fully saturated rings. The molecule has 1 heterocycles. The van der Waals surface area contributed by atoms with Crippen molar-refractivity contribution in [2.75, 3.05) is 4.31 Å². The Hall–Kier alpha value is -1.88. The molecule has 0 atom stereocenters. The number of sulfonamides is 1. The minimum absolute atomic E-state index is 0.0643. The Labute approximate surface area is 112 Å². The zero-order valence-electron chi connectivity index (χ0n) is 10.3. The largest absolute Gasteiger partial charge is 0.282 e. The molecule has 1 saturated carbocycles. The van der Waals surface area contributed by atoms with Gasteiger partial charge in [-0.15, -0.1) is 0 Å². The zero-order chi connectivity index (χ0) is 13.3. The van der Waals surface area contributed by atoms with Gasteiger partial charge < -0.3 is 0 Å². The van der Waals surface area contributed by atoms with Gasteiger partial charge in [0.15, 0.2) is 5.03 Å². The quantitative estimate of drug-likeness (QED) is 0.860. The van der Waals surface area contributed by atoms with E-state index in [0.29, 0.717) is 5.69 Å². The Bertz CT molecular complexity index is 652. The van der Waals surface area contributed by atoms with Crippen LogP contribution in [0.15, 0.2) is 59.8 Å². The fourth-order valence-electron chi connectivity index (χ4n) is 2.03. The molecule has 0 radical (unpaired) electrons. The molecule has 98 valence electrons. The summed E-state index contributed by atoms with van der Waals surface area (Å²) >= 11 is 0. The van der Waals surface area contributed by atoms with E-state index in [1.54, 1.807) is 12.1 Å². The molecule has 2 aromatic rings. The lowest BCUT2D eigenvalue weighted by Crippen LogP contribution is -2.33. The minimum Gasteiger partial charge on any atom is -0.262 e. The highest BCUT2D eigenvalue weighted by Crippen LogP contribution is 2.35. The van der Waals surface area contributed by atoms with Gasteiger partial charge in [0.1, 0.15) is 0 Å². The second-order valence-electron chi connectivity index (χ2n) is 4.54. The number of hydrogen-bond donors (Lipinski definition) is 0. The van der Waals surface area contributed by atoms with E-state index < -0.39 is 10.0 Å². The second kappa shape index (κ2) is 4.66. The monoisotopic (exact) mass is 274 g/mol. The van der Waals surface area contributed by atoms with Gasteiger partial charge in [-0.25, -0.2) is 4.98 Å². The van der Waals surface area contributed by atoms with E-state index in [1.807, 2.05) is 30.3 Å². The van der Waals surface area contributed by atoms with Crippen LogP contribution in [0.25, 0.3) is 0 Å². The average molecular weight is 274 g/mol. The number of nitrogens with zero attached hydrogens (tertiary/aromatic N) is 2. The first kappa shape index (κ1) is 12.2. The molecule has 3 rings (SSSR count). The summed E-state index contributed by atoms with van der Waals surface area (Å²) in [6.45, 7) is 0. The van der Waals surface area contributed by atoms with Crippen LogP contribution in [-0.4, -0.2) is 19.4 Å². The summed E-state index contributed by atoms with van der Waals surface area (Å²) in [6, 6.07) is 14.2. The van der Waals surface area contributed by atoms with Gasteiger partial charge in [0.2, 0.25) is 0 Å². The number of benzene rings is 1. The SMILES string of the molecule is O=S(=O)(c1ccccn1)N(c1ccccc1)C1CC1. The molecule has 5 heteroatoms. The van der Waals surface area contributed by atoms with Crippen molar-refractivity contribution in [1.82, 2.24) is 4.98 Å². The van der Waals surface area contributed by atoms with Crippen LogP contribution < -0.4 is 4.31 Å². The van der Waals surface area contributed by atoms with Crippen molar-refractivity contribution in [3.63, 3.8) is 0 Å². The summed E-state index contributed by atoms with van der Waals surface area (Å²) in [4.78, 5) is 3.98. The Morgan fingerprint density at radius 3 is 2.26 bits per heavy atom. The van der Waals surface area contributed by atoms with E-state index >= 15 is 0 Å². The maximum atomic E-state index is 12.7. The van der Waals surface area contributed by atoms with E-state index in [0.717, 1.165) is 12.8 Å². The van der Waals surface area contributed by atoms with Crippen LogP contribution in [0.1, 0.15) is 12.8 Å². The summed E-state index contributed by atoms with van der Waals surface area (Å²) in [5.74, 6) is 0. The number of para-hydroxylation sites is 1. The fraction of sp³-hybridized carbons (Fsp3) is 0.214. The third-order valence-corrected chi connectivity index (χ3v) is 4.85. The third-order valence-electron chi connectivity index (χ3n) is 3.05. The first-order valence-corrected chi connectivity index (χ1v) is 7.64. The molecular formula is C14H14N2O2S. The molecule has 1 aromatic heterocycles. The van der Waals surface area contributed by atoms with Gasteiger partial charge in [0, 0.05) is 12.2 Å². The van der Waals surface area contributed by atoms with Crippen molar-refractivity contribution in [3.8, 4) is 0 Å². The molecule has 19 heavy (non-hydrogen) atoms. The average Bonchev–Trinajstić information content (AvgIpc) is 3.25. The zero-order valence-corrected chi connectivity index (χ0v) is 11.1. The van der Waals surface area contributed by atoms with E-state index in [1.165, 1.54) is 16.6 Å². The minimum atomic E-state index is -3.57. The smallest absolute Gasteiger partial charge is 0.262 e. The normalized spacial score (nSPS) is 15.2. The Morgan fingerprint density at radius 2 is 1.68 bits per heavy atom. The fourth-order valence-corrected chi connectivity index (χ4v) is 3.68. The molecule has 0 unspecified atom stereocenters. The second-order valence-corrected chi connectivity index (χ2v) is 6.30. The van der Waals surface area contributed by atoms with Gasteiger partial charge in [-0.2, -0.15) is 8.42 Å². The lowest BCUT2D eigenvalue weighted by Gasteiger charge is -2.23. The Morgan fingerprint density at radius 1 is 1.00 bits per heavy atom. The summed E-state index contributed by atoms with van der Waals surface area (Å²) in [6.07, 6.45) is 3.31. The van der Waals surface area contributed by atoms with Gasteiger partial charge in [-0.3, -0.25) is 4.31 Å². The summed E-state index contributed by atoms with van der Waals surface area (Å²) in [5, 5.41) is 0.103. The van der Waals surface area contributed by atoms with Crippen LogP contribution in [0.3, 0.4) is 0 Å². The van der Waals surface area contributed by atoms with Crippen molar-refractivity contribution in [2.24, 2.45) is 0 Å². The molecule has 1 aliphatic rings. The van der Waals surface area contributed by atoms with Crippen LogP contribution in [0.4, 0.5) is 5.69 Å². The number of anilines is 1. The number of hydrogen-bond acceptors (Lipinski definition) is 3. The van der Waals surface area contributed by atoms with Gasteiger partial charge in [-0.05, 0) is 37.1 Å². The highest BCUT2D eigenvalue weighted by Gasteiger charge is 2.38. The van der Waals surface area contributed by atoms with E-state index in [-0.39, 0.29) is 11.1 Å². The predicted molar refractivity (Wildman–Crippen MR) is 73.4 cm³/mol. The number of rotatable bonds is 4. The molecule has 0 saturated heterocycles. The van der Waals surface area contributed by atoms with E-state index in [4.69, 9.17) is 0 Å². The predicted octanol–water partition coefficient (Wildman–Crippen LogP) is 2.44. The molecular weight excluding hydrogens is 260 g/mol. The molecule has 0 spiro atoms. The molecule has 0 N–H and O–H groups in total. The Balaban J connectivity index is 2.06. The number of pyridine rings is 1. The maximum absolute atomic E-state index is 12.7. The molecule has 0 amide bonds. The van der Waals surface area contributed by atoms with E-state index in [9.17, 15) is 8.42 Å². The summed E-state index contributed by atoms with van der Waals surface area (Å²) < 4.78 is 26.9. The Kier molecular flexibility index (Phi) is 2.98. The summed E-state index contributed by atoms with van der Waals surface area (Å²) in [5.41, 5.74) is 0.704. The van der Waals surface area contributed by atoms with Gasteiger partial charge in [0.05, 0.1) is 5.69 Å². The molecule has 4 nitrogen and oxygen atoms in total. The third kappa shape index (κ3) is 2.33. The lowest BCUT2D eigenvalue weighted by molar-refractivity contribution is 0.586. The van der Waals surface area contributed by atoms with E-state index in [2.05, 4.69) is 4.98 Å². The molecule has 1 aliphatic carbocycles. The van der Waals surface area contributed by atoms with Crippen LogP contribution in [0, 0.1) is 0 Å². The maximum Gasteiger partial charge on any atom is 0.282 e. The van der Waals surface area contributed by atoms with Crippen molar-refractivity contribution >= 4 is 15.7 Å². The standard InChI is InChI=1S/C14H14N2O2S/c17-19(18,14-8-4-5-11-15-14)16(13-9-10-13)12-6-2-1-3-7-12/h1-8,11,13H,9-10H2. The van der Waals surface area contributed by atoms with Crippen LogP contribution in [0.5, 0.6) is 0 Å². The van der Waals surface area contributed by atoms with Gasteiger partial charge in [-0.1, -0.05) is 24.3 Å². The first-order chi connectivity index (χ1) is 9.19. The molecule has 0 bridgehead atoms. The topological polar surface area (TPSA) is 50.3 Å². The highest BCUT2D eigenvalue weighted by atomic mass is 32.2. The molecule has 0 aliphatic heterocycles. The number of aromatic nitrogens is 1. The van der Waals surface area contributed by atoms with Crippen LogP contribution in [0.2, 0.25) is 0 Å². The van der Waals surface area contributed by atoms with Crippen molar-refractivity contribution in [3.05, 3.63) is 54.7 Å². The van der Waals surface area contributed by atoms with Gasteiger partial charge >= 0.3 is 0 Å². The van der Waals surface area contributed by atoms with Crippen molar-refractivity contribution < 1.29 is 8.42 Å². The van der Waals surface area contributed by atoms with Crippen LogP contribution in [-0.2, 0) is 10.0 Å². The first-order valence-electron chi connectivity index (χ1n) is 6.20. The van der Waals surface area contributed by atoms with Crippen LogP contribution >= 0.6 is 0 Å². The van der Waals surface area contributed by atoms with Gasteiger partial charge in [0.25, 0.3) is 10.0 Å². The highest BCUT2D eigenvalue weighted by molar-refractivity contribution is 7.92.